The summed E-state index contributed by atoms with van der Waals surface area (Å²) < 4.78 is 97.4. The molecule has 3 N–H and O–H groups in total. The third-order valence-corrected chi connectivity index (χ3v) is 0.620. The van der Waals surface area contributed by atoms with Crippen molar-refractivity contribution in [3.8, 4) is 0 Å². The van der Waals surface area contributed by atoms with Gasteiger partial charge in [0.05, 0.1) is 0 Å². The molecular formula is C3H4F6O5S. The van der Waals surface area contributed by atoms with Gasteiger partial charge >= 0.3 is 22.8 Å². The van der Waals surface area contributed by atoms with E-state index >= 15 is 0 Å². The first-order valence-corrected chi connectivity index (χ1v) is 4.06. The largest absolute Gasteiger partial charge is 0.423 e. The van der Waals surface area contributed by atoms with Gasteiger partial charge in [0.25, 0.3) is 0 Å². The number of halogens is 6. The Kier molecular flexibility index (Phi) is 5.56. The highest BCUT2D eigenvalue weighted by Crippen LogP contribution is 2.32. The summed E-state index contributed by atoms with van der Waals surface area (Å²) in [4.78, 5) is 0. The highest BCUT2D eigenvalue weighted by molar-refractivity contribution is 7.79. The van der Waals surface area contributed by atoms with Gasteiger partial charge in [-0.2, -0.15) is 34.8 Å². The van der Waals surface area contributed by atoms with E-state index in [1.807, 2.05) is 0 Å². The van der Waals surface area contributed by atoms with Crippen molar-refractivity contribution in [3.05, 3.63) is 0 Å². The Labute approximate surface area is 78.9 Å². The van der Waals surface area contributed by atoms with Gasteiger partial charge in [-0.15, -0.1) is 0 Å². The summed E-state index contributed by atoms with van der Waals surface area (Å²) in [7, 11) is -4.67. The molecule has 15 heavy (non-hydrogen) atoms. The second-order valence-corrected chi connectivity index (χ2v) is 2.83. The summed E-state index contributed by atoms with van der Waals surface area (Å²) in [6.45, 7) is 0. The molecule has 0 radical (unpaired) electrons. The summed E-state index contributed by atoms with van der Waals surface area (Å²) in [5.41, 5.74) is 0. The predicted octanol–water partition coefficient (Wildman–Crippen LogP) is 0.819. The van der Waals surface area contributed by atoms with Crippen LogP contribution in [0.25, 0.3) is 0 Å². The molecule has 0 aliphatic heterocycles. The van der Waals surface area contributed by atoms with Crippen LogP contribution in [0.4, 0.5) is 26.3 Å². The Hall–Kier alpha value is -0.590. The highest BCUT2D eigenvalue weighted by Gasteiger charge is 2.55. The van der Waals surface area contributed by atoms with E-state index in [2.05, 4.69) is 0 Å². The summed E-state index contributed by atoms with van der Waals surface area (Å²) in [6, 6.07) is 0. The molecule has 0 spiro atoms. The standard InChI is InChI=1S/C3H2F6O.H2O4S/c4-2(5,6)1(10)3(7,8)9;1-5(2,3)4/h1,10H;(H2,1,2,3,4). The molecule has 0 saturated heterocycles. The van der Waals surface area contributed by atoms with Gasteiger partial charge < -0.3 is 5.11 Å². The van der Waals surface area contributed by atoms with E-state index < -0.39 is 28.9 Å². The average Bonchev–Trinajstić information content (AvgIpc) is 1.77. The van der Waals surface area contributed by atoms with Crippen LogP contribution >= 0.6 is 0 Å². The minimum atomic E-state index is -5.63. The van der Waals surface area contributed by atoms with Gasteiger partial charge in [-0.3, -0.25) is 9.11 Å². The monoisotopic (exact) mass is 266 g/mol. The fourth-order valence-corrected chi connectivity index (χ4v) is 0.186. The third kappa shape index (κ3) is 13.4. The van der Waals surface area contributed by atoms with Crippen LogP contribution in [0.2, 0.25) is 0 Å². The van der Waals surface area contributed by atoms with Gasteiger partial charge in [-0.05, 0) is 0 Å². The Morgan fingerprint density at radius 1 is 0.867 bits per heavy atom. The predicted molar refractivity (Wildman–Crippen MR) is 32.3 cm³/mol. The lowest BCUT2D eigenvalue weighted by Crippen LogP contribution is -2.41. The summed E-state index contributed by atoms with van der Waals surface area (Å²) in [6.07, 6.45) is -15.5. The Balaban J connectivity index is 0. The fraction of sp³-hybridized carbons (Fsp3) is 1.00. The first kappa shape index (κ1) is 16.8. The smallest absolute Gasteiger partial charge is 0.377 e. The summed E-state index contributed by atoms with van der Waals surface area (Å²) >= 11 is 0. The molecule has 0 rings (SSSR count). The molecular weight excluding hydrogens is 262 g/mol. The van der Waals surface area contributed by atoms with E-state index in [-0.39, 0.29) is 0 Å². The average molecular weight is 266 g/mol. The molecule has 0 bridgehead atoms. The van der Waals surface area contributed by atoms with Crippen LogP contribution in [0.15, 0.2) is 0 Å². The van der Waals surface area contributed by atoms with Crippen molar-refractivity contribution in [2.45, 2.75) is 18.5 Å². The van der Waals surface area contributed by atoms with E-state index in [9.17, 15) is 26.3 Å². The molecule has 0 unspecified atom stereocenters. The minimum Gasteiger partial charge on any atom is -0.377 e. The molecule has 0 aromatic rings. The van der Waals surface area contributed by atoms with E-state index in [4.69, 9.17) is 22.6 Å². The Morgan fingerprint density at radius 3 is 1.00 bits per heavy atom. The highest BCUT2D eigenvalue weighted by atomic mass is 32.3. The number of hydrogen-bond donors (Lipinski definition) is 3. The lowest BCUT2D eigenvalue weighted by atomic mass is 10.3. The SMILES string of the molecule is O=S(=O)(O)O.OC(C(F)(F)F)C(F)(F)F. The first-order chi connectivity index (χ1) is 6.15. The van der Waals surface area contributed by atoms with Crippen molar-refractivity contribution >= 4 is 10.4 Å². The van der Waals surface area contributed by atoms with Crippen LogP contribution in [0.1, 0.15) is 0 Å². The van der Waals surface area contributed by atoms with Crippen LogP contribution in [0.3, 0.4) is 0 Å². The van der Waals surface area contributed by atoms with Gasteiger partial charge in [0, 0.05) is 0 Å². The van der Waals surface area contributed by atoms with E-state index in [1.165, 1.54) is 0 Å². The van der Waals surface area contributed by atoms with E-state index in [0.29, 0.717) is 0 Å². The second kappa shape index (κ2) is 4.96. The summed E-state index contributed by atoms with van der Waals surface area (Å²) in [5.74, 6) is 0. The Bertz CT molecular complexity index is 254. The number of aliphatic hydroxyl groups is 1. The lowest BCUT2D eigenvalue weighted by molar-refractivity contribution is -0.308. The third-order valence-electron chi connectivity index (χ3n) is 0.620. The molecule has 0 aromatic heterocycles. The van der Waals surface area contributed by atoms with Gasteiger partial charge in [-0.25, -0.2) is 0 Å². The van der Waals surface area contributed by atoms with Crippen molar-refractivity contribution in [2.24, 2.45) is 0 Å². The van der Waals surface area contributed by atoms with Crippen molar-refractivity contribution in [2.75, 3.05) is 0 Å². The molecule has 94 valence electrons. The molecule has 0 saturated carbocycles. The molecule has 0 atom stereocenters. The van der Waals surface area contributed by atoms with Crippen LogP contribution in [0.5, 0.6) is 0 Å². The number of hydrogen-bond acceptors (Lipinski definition) is 3. The fourth-order valence-electron chi connectivity index (χ4n) is 0.186. The van der Waals surface area contributed by atoms with Crippen molar-refractivity contribution in [3.63, 3.8) is 0 Å². The maximum atomic E-state index is 11.0. The number of aliphatic hydroxyl groups excluding tert-OH is 1. The Morgan fingerprint density at radius 2 is 1.00 bits per heavy atom. The maximum Gasteiger partial charge on any atom is 0.423 e. The second-order valence-electron chi connectivity index (χ2n) is 1.93. The van der Waals surface area contributed by atoms with Crippen molar-refractivity contribution < 1.29 is 49.0 Å². The van der Waals surface area contributed by atoms with Crippen LogP contribution in [-0.4, -0.2) is 41.1 Å². The van der Waals surface area contributed by atoms with E-state index in [1.54, 1.807) is 0 Å². The zero-order chi connectivity index (χ0) is 13.1. The molecule has 5 nitrogen and oxygen atoms in total. The number of alkyl halides is 6. The van der Waals surface area contributed by atoms with Crippen molar-refractivity contribution in [1.82, 2.24) is 0 Å². The van der Waals surface area contributed by atoms with Gasteiger partial charge in [0.15, 0.2) is 0 Å². The molecule has 0 aliphatic carbocycles. The molecule has 0 heterocycles. The van der Waals surface area contributed by atoms with Gasteiger partial charge in [0.2, 0.25) is 6.10 Å². The zero-order valence-corrected chi connectivity index (χ0v) is 7.23. The quantitative estimate of drug-likeness (QED) is 0.445. The summed E-state index contributed by atoms with van der Waals surface area (Å²) in [5, 5.41) is 7.47. The van der Waals surface area contributed by atoms with Crippen LogP contribution in [0, 0.1) is 0 Å². The molecule has 0 aliphatic rings. The van der Waals surface area contributed by atoms with Crippen molar-refractivity contribution in [1.29, 1.82) is 0 Å². The molecule has 0 fully saturated rings. The lowest BCUT2D eigenvalue weighted by Gasteiger charge is -2.16. The topological polar surface area (TPSA) is 94.8 Å². The maximum absolute atomic E-state index is 11.0. The van der Waals surface area contributed by atoms with Crippen LogP contribution < -0.4 is 0 Å². The normalized spacial score (nSPS) is 13.5. The van der Waals surface area contributed by atoms with Crippen LogP contribution in [-0.2, 0) is 10.4 Å². The molecule has 0 amide bonds. The van der Waals surface area contributed by atoms with Gasteiger partial charge in [0.1, 0.15) is 0 Å². The number of rotatable bonds is 0. The zero-order valence-electron chi connectivity index (χ0n) is 6.41. The minimum absolute atomic E-state index is 4.24. The van der Waals surface area contributed by atoms with Gasteiger partial charge in [-0.1, -0.05) is 0 Å². The molecule has 0 aromatic carbocycles. The first-order valence-electron chi connectivity index (χ1n) is 2.67. The van der Waals surface area contributed by atoms with E-state index in [0.717, 1.165) is 0 Å². The molecule has 12 heteroatoms.